The summed E-state index contributed by atoms with van der Waals surface area (Å²) in [5.41, 5.74) is 0. The van der Waals surface area contributed by atoms with E-state index in [-0.39, 0.29) is 0 Å². The van der Waals surface area contributed by atoms with E-state index in [1.807, 2.05) is 0 Å². The molecule has 0 saturated heterocycles. The Kier molecular flexibility index (Phi) is 6.69. The minimum Gasteiger partial charge on any atom is -0.340 e. The van der Waals surface area contributed by atoms with Crippen molar-refractivity contribution < 1.29 is 4.79 Å². The van der Waals surface area contributed by atoms with E-state index in [1.54, 1.807) is 0 Å². The van der Waals surface area contributed by atoms with Gasteiger partial charge in [-0.25, -0.2) is 0 Å². The summed E-state index contributed by atoms with van der Waals surface area (Å²) in [6, 6.07) is 0.567. The van der Waals surface area contributed by atoms with Gasteiger partial charge in [0.2, 0.25) is 5.91 Å². The van der Waals surface area contributed by atoms with Gasteiger partial charge in [-0.3, -0.25) is 4.79 Å². The highest BCUT2D eigenvalue weighted by Gasteiger charge is 2.29. The monoisotopic (exact) mass is 329 g/mol. The van der Waals surface area contributed by atoms with Gasteiger partial charge in [0.15, 0.2) is 0 Å². The third-order valence-corrected chi connectivity index (χ3v) is 5.37. The predicted molar refractivity (Wildman–Crippen MR) is 83.6 cm³/mol. The maximum atomic E-state index is 12.6. The summed E-state index contributed by atoms with van der Waals surface area (Å²) >= 11 is 3.49. The van der Waals surface area contributed by atoms with Crippen molar-refractivity contribution in [2.24, 2.45) is 5.92 Å². The van der Waals surface area contributed by atoms with E-state index in [4.69, 9.17) is 0 Å². The van der Waals surface area contributed by atoms with Crippen molar-refractivity contribution in [1.82, 2.24) is 4.90 Å². The molecule has 2 saturated carbocycles. The highest BCUT2D eigenvalue weighted by molar-refractivity contribution is 9.09. The normalized spacial score (nSPS) is 21.7. The van der Waals surface area contributed by atoms with Gasteiger partial charge in [0, 0.05) is 24.3 Å². The van der Waals surface area contributed by atoms with Crippen LogP contribution in [0.4, 0.5) is 0 Å². The maximum absolute atomic E-state index is 12.6. The molecule has 0 aromatic heterocycles. The molecule has 2 nitrogen and oxygen atoms in total. The molecule has 2 rings (SSSR count). The molecule has 0 unspecified atom stereocenters. The minimum absolute atomic E-state index is 0.442. The Labute approximate surface area is 126 Å². The molecular weight excluding hydrogens is 302 g/mol. The summed E-state index contributed by atoms with van der Waals surface area (Å²) in [7, 11) is 0. The van der Waals surface area contributed by atoms with E-state index >= 15 is 0 Å². The Morgan fingerprint density at radius 3 is 2.21 bits per heavy atom. The first-order valence-electron chi connectivity index (χ1n) is 8.16. The van der Waals surface area contributed by atoms with E-state index in [1.165, 1.54) is 57.8 Å². The number of halogens is 1. The Bertz CT molecular complexity index is 270. The number of alkyl halides is 1. The molecule has 0 aliphatic heterocycles. The maximum Gasteiger partial charge on any atom is 0.223 e. The highest BCUT2D eigenvalue weighted by atomic mass is 79.9. The number of hydrogen-bond acceptors (Lipinski definition) is 1. The molecule has 0 atom stereocenters. The zero-order chi connectivity index (χ0) is 13.5. The number of hydrogen-bond donors (Lipinski definition) is 0. The van der Waals surface area contributed by atoms with Crippen molar-refractivity contribution in [1.29, 1.82) is 0 Å². The molecule has 2 fully saturated rings. The molecular formula is C16H28BrNO. The van der Waals surface area contributed by atoms with Crippen LogP contribution in [-0.2, 0) is 4.79 Å². The van der Waals surface area contributed by atoms with Gasteiger partial charge in [0.25, 0.3) is 0 Å². The highest BCUT2D eigenvalue weighted by Crippen LogP contribution is 2.29. The SMILES string of the molecule is O=C(CC1CCCCCC1)N(CCCBr)C1CCC1. The van der Waals surface area contributed by atoms with E-state index in [0.29, 0.717) is 17.9 Å². The first-order chi connectivity index (χ1) is 9.31. The number of carbonyl (C=O) groups is 1. The van der Waals surface area contributed by atoms with E-state index in [9.17, 15) is 4.79 Å². The topological polar surface area (TPSA) is 20.3 Å². The lowest BCUT2D eigenvalue weighted by Crippen LogP contribution is -2.45. The van der Waals surface area contributed by atoms with Gasteiger partial charge in [-0.2, -0.15) is 0 Å². The summed E-state index contributed by atoms with van der Waals surface area (Å²) in [6.07, 6.45) is 13.7. The molecule has 0 heterocycles. The van der Waals surface area contributed by atoms with Crippen LogP contribution in [0.25, 0.3) is 0 Å². The smallest absolute Gasteiger partial charge is 0.223 e. The van der Waals surface area contributed by atoms with Crippen LogP contribution in [-0.4, -0.2) is 28.7 Å². The molecule has 2 aliphatic carbocycles. The first kappa shape index (κ1) is 15.3. The molecule has 0 bridgehead atoms. The third kappa shape index (κ3) is 4.77. The number of nitrogens with zero attached hydrogens (tertiary/aromatic N) is 1. The summed E-state index contributed by atoms with van der Waals surface area (Å²) in [5.74, 6) is 1.11. The van der Waals surface area contributed by atoms with Crippen molar-refractivity contribution in [2.45, 2.75) is 76.7 Å². The lowest BCUT2D eigenvalue weighted by Gasteiger charge is -2.38. The van der Waals surface area contributed by atoms with Gasteiger partial charge in [0.1, 0.15) is 0 Å². The summed E-state index contributed by atoms with van der Waals surface area (Å²) in [5, 5.41) is 1.01. The predicted octanol–water partition coefficient (Wildman–Crippen LogP) is 4.51. The fourth-order valence-corrected chi connectivity index (χ4v) is 3.62. The van der Waals surface area contributed by atoms with Crippen molar-refractivity contribution in [2.75, 3.05) is 11.9 Å². The quantitative estimate of drug-likeness (QED) is 0.518. The van der Waals surface area contributed by atoms with Gasteiger partial charge in [-0.1, -0.05) is 41.6 Å². The molecule has 1 amide bonds. The molecule has 110 valence electrons. The third-order valence-electron chi connectivity index (χ3n) is 4.81. The Balaban J connectivity index is 1.82. The fourth-order valence-electron chi connectivity index (χ4n) is 3.37. The Morgan fingerprint density at radius 1 is 1.00 bits per heavy atom. The number of amides is 1. The van der Waals surface area contributed by atoms with Gasteiger partial charge in [0.05, 0.1) is 0 Å². The Morgan fingerprint density at radius 2 is 1.68 bits per heavy atom. The van der Waals surface area contributed by atoms with Crippen LogP contribution in [0.1, 0.15) is 70.6 Å². The standard InChI is InChI=1S/C16H28BrNO/c17-11-6-12-18(15-9-5-10-15)16(19)13-14-7-3-1-2-4-8-14/h14-15H,1-13H2. The number of carbonyl (C=O) groups excluding carboxylic acids is 1. The van der Waals surface area contributed by atoms with E-state index in [2.05, 4.69) is 20.8 Å². The van der Waals surface area contributed by atoms with Crippen LogP contribution >= 0.6 is 15.9 Å². The van der Waals surface area contributed by atoms with E-state index < -0.39 is 0 Å². The molecule has 0 radical (unpaired) electrons. The van der Waals surface area contributed by atoms with Crippen molar-refractivity contribution in [3.8, 4) is 0 Å². The number of rotatable bonds is 6. The largest absolute Gasteiger partial charge is 0.340 e. The van der Waals surface area contributed by atoms with Crippen LogP contribution in [0.2, 0.25) is 0 Å². The molecule has 0 aromatic carbocycles. The first-order valence-corrected chi connectivity index (χ1v) is 9.29. The molecule has 0 N–H and O–H groups in total. The van der Waals surface area contributed by atoms with Crippen molar-refractivity contribution in [3.63, 3.8) is 0 Å². The average molecular weight is 330 g/mol. The van der Waals surface area contributed by atoms with Crippen LogP contribution in [0.5, 0.6) is 0 Å². The lowest BCUT2D eigenvalue weighted by atomic mass is 9.89. The lowest BCUT2D eigenvalue weighted by molar-refractivity contribution is -0.136. The second-order valence-electron chi connectivity index (χ2n) is 6.28. The molecule has 0 aromatic rings. The minimum atomic E-state index is 0.442. The van der Waals surface area contributed by atoms with Crippen LogP contribution in [0, 0.1) is 5.92 Å². The van der Waals surface area contributed by atoms with Crippen molar-refractivity contribution >= 4 is 21.8 Å². The van der Waals surface area contributed by atoms with Crippen LogP contribution in [0.3, 0.4) is 0 Å². The summed E-state index contributed by atoms with van der Waals surface area (Å²) in [4.78, 5) is 14.8. The molecule has 2 aliphatic rings. The second-order valence-corrected chi connectivity index (χ2v) is 7.07. The zero-order valence-corrected chi connectivity index (χ0v) is 13.7. The van der Waals surface area contributed by atoms with Gasteiger partial charge in [-0.15, -0.1) is 0 Å². The van der Waals surface area contributed by atoms with Crippen molar-refractivity contribution in [3.05, 3.63) is 0 Å². The van der Waals surface area contributed by atoms with E-state index in [0.717, 1.165) is 24.7 Å². The molecule has 19 heavy (non-hydrogen) atoms. The summed E-state index contributed by atoms with van der Waals surface area (Å²) < 4.78 is 0. The van der Waals surface area contributed by atoms with Gasteiger partial charge < -0.3 is 4.90 Å². The van der Waals surface area contributed by atoms with Crippen LogP contribution in [0.15, 0.2) is 0 Å². The zero-order valence-electron chi connectivity index (χ0n) is 12.1. The summed E-state index contributed by atoms with van der Waals surface area (Å²) in [6.45, 7) is 0.960. The van der Waals surface area contributed by atoms with Crippen LogP contribution < -0.4 is 0 Å². The fraction of sp³-hybridized carbons (Fsp3) is 0.938. The second kappa shape index (κ2) is 8.28. The average Bonchev–Trinajstić information content (AvgIpc) is 2.60. The van der Waals surface area contributed by atoms with Gasteiger partial charge in [-0.05, 0) is 44.4 Å². The molecule has 3 heteroatoms. The van der Waals surface area contributed by atoms with Gasteiger partial charge >= 0.3 is 0 Å². The molecule has 0 spiro atoms. The Hall–Kier alpha value is -0.0500.